The second-order valence-corrected chi connectivity index (χ2v) is 6.14. The summed E-state index contributed by atoms with van der Waals surface area (Å²) in [6.07, 6.45) is 1.21. The highest BCUT2D eigenvalue weighted by atomic mass is 16.1. The van der Waals surface area contributed by atoms with Crippen molar-refractivity contribution in [3.05, 3.63) is 41.6 Å². The van der Waals surface area contributed by atoms with E-state index < -0.39 is 5.91 Å². The van der Waals surface area contributed by atoms with Crippen LogP contribution in [0.3, 0.4) is 0 Å². The molecule has 5 heteroatoms. The third kappa shape index (κ3) is 3.86. The van der Waals surface area contributed by atoms with Gasteiger partial charge in [0.15, 0.2) is 0 Å². The number of fused-ring (bicyclic) bond motifs is 1. The number of aromatic nitrogens is 1. The predicted molar refractivity (Wildman–Crippen MR) is 92.3 cm³/mol. The molecule has 0 atom stereocenters. The number of benzene rings is 1. The number of hydrogen-bond donors (Lipinski definition) is 1. The van der Waals surface area contributed by atoms with Gasteiger partial charge < -0.3 is 10.6 Å². The fourth-order valence-electron chi connectivity index (χ4n) is 3.14. The van der Waals surface area contributed by atoms with Gasteiger partial charge in [0.1, 0.15) is 0 Å². The number of carbonyl (C=O) groups excluding carboxylic acids is 1. The lowest BCUT2D eigenvalue weighted by Gasteiger charge is -2.20. The van der Waals surface area contributed by atoms with Crippen LogP contribution in [0.4, 0.5) is 0 Å². The van der Waals surface area contributed by atoms with Crippen molar-refractivity contribution >= 4 is 16.8 Å². The minimum Gasteiger partial charge on any atom is -0.366 e. The molecule has 1 aliphatic rings. The van der Waals surface area contributed by atoms with E-state index >= 15 is 0 Å². The number of likely N-dealkylation sites (N-methyl/N-ethyl adjacent to an activating group) is 1. The third-order valence-electron chi connectivity index (χ3n) is 4.55. The Morgan fingerprint density at radius 2 is 1.91 bits per heavy atom. The maximum Gasteiger partial charge on any atom is 0.248 e. The Morgan fingerprint density at radius 3 is 2.70 bits per heavy atom. The molecule has 1 aromatic carbocycles. The van der Waals surface area contributed by atoms with Crippen LogP contribution in [0, 0.1) is 0 Å². The van der Waals surface area contributed by atoms with Crippen LogP contribution in [0.5, 0.6) is 0 Å². The van der Waals surface area contributed by atoms with Gasteiger partial charge in [0.05, 0.1) is 11.2 Å². The highest BCUT2D eigenvalue weighted by Gasteiger charge is 2.14. The number of primary amides is 1. The Kier molecular flexibility index (Phi) is 4.88. The van der Waals surface area contributed by atoms with Gasteiger partial charge in [-0.15, -0.1) is 0 Å². The van der Waals surface area contributed by atoms with Crippen molar-refractivity contribution < 1.29 is 4.79 Å². The molecule has 1 amide bonds. The molecular weight excluding hydrogens is 288 g/mol. The fourth-order valence-corrected chi connectivity index (χ4v) is 3.14. The van der Waals surface area contributed by atoms with Crippen LogP contribution in [0.1, 0.15) is 29.4 Å². The fraction of sp³-hybridized carbons (Fsp3) is 0.444. The van der Waals surface area contributed by atoms with Crippen molar-refractivity contribution in [2.24, 2.45) is 5.73 Å². The Morgan fingerprint density at radius 1 is 1.13 bits per heavy atom. The Bertz CT molecular complexity index is 700. The van der Waals surface area contributed by atoms with E-state index in [-0.39, 0.29) is 0 Å². The lowest BCUT2D eigenvalue weighted by atomic mass is 10.1. The monoisotopic (exact) mass is 312 g/mol. The first-order chi connectivity index (χ1) is 11.2. The second-order valence-electron chi connectivity index (χ2n) is 6.14. The van der Waals surface area contributed by atoms with E-state index in [9.17, 15) is 4.79 Å². The molecular formula is C18H24N4O. The summed E-state index contributed by atoms with van der Waals surface area (Å²) >= 11 is 0. The van der Waals surface area contributed by atoms with E-state index in [2.05, 4.69) is 22.8 Å². The molecule has 23 heavy (non-hydrogen) atoms. The first-order valence-electron chi connectivity index (χ1n) is 8.30. The Hall–Kier alpha value is -1.98. The van der Waals surface area contributed by atoms with Crippen LogP contribution in [0.25, 0.3) is 10.9 Å². The zero-order chi connectivity index (χ0) is 16.2. The number of hydrogen-bond acceptors (Lipinski definition) is 4. The van der Waals surface area contributed by atoms with Crippen LogP contribution in [0.2, 0.25) is 0 Å². The molecule has 2 N–H and O–H groups in total. The van der Waals surface area contributed by atoms with E-state index in [1.54, 1.807) is 12.1 Å². The van der Waals surface area contributed by atoms with Gasteiger partial charge in [0.2, 0.25) is 5.91 Å². The van der Waals surface area contributed by atoms with Gasteiger partial charge in [-0.3, -0.25) is 14.7 Å². The van der Waals surface area contributed by atoms with Crippen LogP contribution < -0.4 is 5.73 Å². The number of pyridine rings is 1. The average Bonchev–Trinajstić information content (AvgIpc) is 2.79. The summed E-state index contributed by atoms with van der Waals surface area (Å²) in [7, 11) is 0. The van der Waals surface area contributed by atoms with E-state index in [1.165, 1.54) is 13.0 Å². The van der Waals surface area contributed by atoms with Crippen LogP contribution in [-0.2, 0) is 6.54 Å². The summed E-state index contributed by atoms with van der Waals surface area (Å²) in [5.41, 5.74) is 7.85. The Labute approximate surface area is 137 Å². The van der Waals surface area contributed by atoms with Crippen LogP contribution >= 0.6 is 0 Å². The van der Waals surface area contributed by atoms with E-state index in [0.29, 0.717) is 5.56 Å². The summed E-state index contributed by atoms with van der Waals surface area (Å²) < 4.78 is 0. The summed E-state index contributed by atoms with van der Waals surface area (Å²) in [4.78, 5) is 21.0. The zero-order valence-corrected chi connectivity index (χ0v) is 13.7. The largest absolute Gasteiger partial charge is 0.366 e. The molecule has 0 radical (unpaired) electrons. The van der Waals surface area contributed by atoms with Gasteiger partial charge >= 0.3 is 0 Å². The van der Waals surface area contributed by atoms with Gasteiger partial charge in [0.25, 0.3) is 0 Å². The highest BCUT2D eigenvalue weighted by Crippen LogP contribution is 2.16. The minimum atomic E-state index is -0.402. The Balaban J connectivity index is 1.73. The predicted octanol–water partition coefficient (Wildman–Crippen LogP) is 1.86. The smallest absolute Gasteiger partial charge is 0.248 e. The minimum absolute atomic E-state index is 0.402. The highest BCUT2D eigenvalue weighted by molar-refractivity contribution is 5.96. The lowest BCUT2D eigenvalue weighted by Crippen LogP contribution is -2.30. The molecule has 0 unspecified atom stereocenters. The standard InChI is InChI=1S/C18H24N4O/c1-2-21-8-3-9-22(11-10-21)13-16-6-4-14-12-15(18(19)23)5-7-17(14)20-16/h4-7,12H,2-3,8-11,13H2,1H3,(H2,19,23). The van der Waals surface area contributed by atoms with Crippen LogP contribution in [-0.4, -0.2) is 53.4 Å². The van der Waals surface area contributed by atoms with Gasteiger partial charge in [-0.2, -0.15) is 0 Å². The van der Waals surface area contributed by atoms with Gasteiger partial charge in [-0.25, -0.2) is 0 Å². The molecule has 2 heterocycles. The quantitative estimate of drug-likeness (QED) is 0.936. The molecule has 122 valence electrons. The number of amides is 1. The molecule has 0 saturated carbocycles. The normalized spacial score (nSPS) is 17.3. The molecule has 3 rings (SSSR count). The van der Waals surface area contributed by atoms with Crippen molar-refractivity contribution in [1.29, 1.82) is 0 Å². The molecule has 1 fully saturated rings. The van der Waals surface area contributed by atoms with Gasteiger partial charge in [-0.05, 0) is 50.3 Å². The summed E-state index contributed by atoms with van der Waals surface area (Å²) in [6.45, 7) is 8.77. The van der Waals surface area contributed by atoms with Gasteiger partial charge in [0, 0.05) is 30.6 Å². The van der Waals surface area contributed by atoms with Gasteiger partial charge in [-0.1, -0.05) is 13.0 Å². The van der Waals surface area contributed by atoms with E-state index in [1.807, 2.05) is 12.1 Å². The molecule has 1 saturated heterocycles. The zero-order valence-electron chi connectivity index (χ0n) is 13.7. The number of nitrogens with two attached hydrogens (primary N) is 1. The molecule has 0 spiro atoms. The van der Waals surface area contributed by atoms with E-state index in [4.69, 9.17) is 10.7 Å². The van der Waals surface area contributed by atoms with Crippen molar-refractivity contribution in [3.8, 4) is 0 Å². The first kappa shape index (κ1) is 15.9. The summed E-state index contributed by atoms with van der Waals surface area (Å²) in [5, 5.41) is 0.957. The second kappa shape index (κ2) is 7.06. The maximum absolute atomic E-state index is 11.2. The number of carbonyl (C=O) groups is 1. The molecule has 0 aliphatic carbocycles. The van der Waals surface area contributed by atoms with Crippen LogP contribution in [0.15, 0.2) is 30.3 Å². The SMILES string of the molecule is CCN1CCCN(Cc2ccc3cc(C(N)=O)ccc3n2)CC1. The van der Waals surface area contributed by atoms with Crippen molar-refractivity contribution in [3.63, 3.8) is 0 Å². The average molecular weight is 312 g/mol. The van der Waals surface area contributed by atoms with E-state index in [0.717, 1.165) is 49.3 Å². The summed E-state index contributed by atoms with van der Waals surface area (Å²) in [5.74, 6) is -0.402. The number of nitrogens with zero attached hydrogens (tertiary/aromatic N) is 3. The molecule has 0 bridgehead atoms. The van der Waals surface area contributed by atoms with Crippen molar-refractivity contribution in [2.45, 2.75) is 19.9 Å². The first-order valence-corrected chi connectivity index (χ1v) is 8.30. The molecule has 1 aromatic heterocycles. The lowest BCUT2D eigenvalue weighted by molar-refractivity contribution is 0.100. The van der Waals surface area contributed by atoms with Crippen molar-refractivity contribution in [1.82, 2.24) is 14.8 Å². The molecule has 5 nitrogen and oxygen atoms in total. The topological polar surface area (TPSA) is 62.5 Å². The third-order valence-corrected chi connectivity index (χ3v) is 4.55. The molecule has 1 aliphatic heterocycles. The number of rotatable bonds is 4. The van der Waals surface area contributed by atoms with Crippen molar-refractivity contribution in [2.75, 3.05) is 32.7 Å². The maximum atomic E-state index is 11.2. The summed E-state index contributed by atoms with van der Waals surface area (Å²) in [6, 6.07) is 9.50. The molecule has 2 aromatic rings.